The van der Waals surface area contributed by atoms with E-state index in [1.165, 1.54) is 11.1 Å². The van der Waals surface area contributed by atoms with E-state index in [0.29, 0.717) is 6.04 Å². The zero-order valence-corrected chi connectivity index (χ0v) is 10.6. The van der Waals surface area contributed by atoms with Crippen molar-refractivity contribution in [1.29, 1.82) is 0 Å². The zero-order valence-electron chi connectivity index (χ0n) is 9.08. The van der Waals surface area contributed by atoms with E-state index in [0.717, 1.165) is 22.2 Å². The maximum absolute atomic E-state index is 5.98. The third kappa shape index (κ3) is 2.13. The van der Waals surface area contributed by atoms with Gasteiger partial charge in [0.25, 0.3) is 0 Å². The van der Waals surface area contributed by atoms with E-state index in [9.17, 15) is 0 Å². The fraction of sp³-hybridized carbons (Fsp3) is 0.143. The molecular weight excluding hydrogens is 253 g/mol. The molecule has 1 aliphatic heterocycles. The van der Waals surface area contributed by atoms with Crippen LogP contribution in [0.1, 0.15) is 17.2 Å². The molecule has 3 heteroatoms. The van der Waals surface area contributed by atoms with Gasteiger partial charge in [0, 0.05) is 15.7 Å². The SMILES string of the molecule is Clc1ccc(C2Cc3ccc(Cl)cc3N2)cc1. The molecular formula is C14H11Cl2N. The van der Waals surface area contributed by atoms with Gasteiger partial charge in [-0.3, -0.25) is 0 Å². The Bertz CT molecular complexity index is 549. The Balaban J connectivity index is 1.88. The van der Waals surface area contributed by atoms with E-state index in [4.69, 9.17) is 23.2 Å². The zero-order chi connectivity index (χ0) is 11.8. The van der Waals surface area contributed by atoms with Crippen LogP contribution in [0.5, 0.6) is 0 Å². The first-order valence-corrected chi connectivity index (χ1v) is 6.28. The molecule has 86 valence electrons. The highest BCUT2D eigenvalue weighted by Gasteiger charge is 2.21. The first-order valence-electron chi connectivity index (χ1n) is 5.53. The van der Waals surface area contributed by atoms with Crippen molar-refractivity contribution in [3.63, 3.8) is 0 Å². The molecule has 0 aliphatic carbocycles. The fourth-order valence-electron chi connectivity index (χ4n) is 2.22. The second kappa shape index (κ2) is 4.25. The molecule has 0 amide bonds. The van der Waals surface area contributed by atoms with Gasteiger partial charge in [-0.15, -0.1) is 0 Å². The van der Waals surface area contributed by atoms with Crippen LogP contribution in [0.25, 0.3) is 0 Å². The van der Waals surface area contributed by atoms with Crippen LogP contribution in [-0.4, -0.2) is 0 Å². The van der Waals surface area contributed by atoms with Crippen LogP contribution in [0.2, 0.25) is 10.0 Å². The molecule has 2 aromatic rings. The normalized spacial score (nSPS) is 17.6. The minimum absolute atomic E-state index is 0.320. The van der Waals surface area contributed by atoms with Gasteiger partial charge in [-0.05, 0) is 41.8 Å². The minimum atomic E-state index is 0.320. The number of rotatable bonds is 1. The molecule has 1 nitrogen and oxygen atoms in total. The first kappa shape index (κ1) is 10.9. The standard InChI is InChI=1S/C14H11Cl2N/c15-11-4-1-9(2-5-11)13-7-10-3-6-12(16)8-14(10)17-13/h1-6,8,13,17H,7H2. The first-order chi connectivity index (χ1) is 8.22. The lowest BCUT2D eigenvalue weighted by molar-refractivity contribution is 0.824. The average Bonchev–Trinajstić information content (AvgIpc) is 2.72. The Morgan fingerprint density at radius 3 is 2.41 bits per heavy atom. The van der Waals surface area contributed by atoms with Crippen molar-refractivity contribution in [2.24, 2.45) is 0 Å². The highest BCUT2D eigenvalue weighted by molar-refractivity contribution is 6.31. The Labute approximate surface area is 110 Å². The van der Waals surface area contributed by atoms with Crippen LogP contribution in [0, 0.1) is 0 Å². The molecule has 1 aliphatic rings. The van der Waals surface area contributed by atoms with E-state index in [1.807, 2.05) is 24.3 Å². The second-order valence-corrected chi connectivity index (χ2v) is 5.13. The molecule has 1 atom stereocenters. The summed E-state index contributed by atoms with van der Waals surface area (Å²) >= 11 is 11.9. The monoisotopic (exact) mass is 263 g/mol. The molecule has 3 rings (SSSR count). The fourth-order valence-corrected chi connectivity index (χ4v) is 2.51. The Morgan fingerprint density at radius 1 is 0.941 bits per heavy atom. The van der Waals surface area contributed by atoms with Gasteiger partial charge in [0.05, 0.1) is 6.04 Å². The van der Waals surface area contributed by atoms with Gasteiger partial charge >= 0.3 is 0 Å². The van der Waals surface area contributed by atoms with Crippen molar-refractivity contribution < 1.29 is 0 Å². The third-order valence-electron chi connectivity index (χ3n) is 3.10. The number of benzene rings is 2. The van der Waals surface area contributed by atoms with E-state index in [-0.39, 0.29) is 0 Å². The summed E-state index contributed by atoms with van der Waals surface area (Å²) in [7, 11) is 0. The summed E-state index contributed by atoms with van der Waals surface area (Å²) in [6.07, 6.45) is 0.994. The van der Waals surface area contributed by atoms with Gasteiger partial charge in [0.1, 0.15) is 0 Å². The summed E-state index contributed by atoms with van der Waals surface area (Å²) in [6.45, 7) is 0. The summed E-state index contributed by atoms with van der Waals surface area (Å²) in [5.41, 5.74) is 3.70. The van der Waals surface area contributed by atoms with E-state index in [2.05, 4.69) is 23.5 Å². The third-order valence-corrected chi connectivity index (χ3v) is 3.59. The van der Waals surface area contributed by atoms with Crippen molar-refractivity contribution in [2.75, 3.05) is 5.32 Å². The van der Waals surface area contributed by atoms with E-state index < -0.39 is 0 Å². The number of fused-ring (bicyclic) bond motifs is 1. The van der Waals surface area contributed by atoms with Crippen molar-refractivity contribution in [3.05, 3.63) is 63.6 Å². The summed E-state index contributed by atoms with van der Waals surface area (Å²) in [4.78, 5) is 0. The van der Waals surface area contributed by atoms with Gasteiger partial charge in [-0.1, -0.05) is 41.4 Å². The summed E-state index contributed by atoms with van der Waals surface area (Å²) < 4.78 is 0. The van der Waals surface area contributed by atoms with Crippen molar-refractivity contribution >= 4 is 28.9 Å². The number of halogens is 2. The minimum Gasteiger partial charge on any atom is -0.378 e. The van der Waals surface area contributed by atoms with Crippen LogP contribution in [0.4, 0.5) is 5.69 Å². The lowest BCUT2D eigenvalue weighted by atomic mass is 10.0. The number of anilines is 1. The predicted octanol–water partition coefficient (Wildman–Crippen LogP) is 4.70. The number of hydrogen-bond donors (Lipinski definition) is 1. The maximum Gasteiger partial charge on any atom is 0.0555 e. The largest absolute Gasteiger partial charge is 0.378 e. The Morgan fingerprint density at radius 2 is 1.65 bits per heavy atom. The van der Waals surface area contributed by atoms with Gasteiger partial charge < -0.3 is 5.32 Å². The summed E-state index contributed by atoms with van der Waals surface area (Å²) in [6, 6.07) is 14.3. The summed E-state index contributed by atoms with van der Waals surface area (Å²) in [5, 5.41) is 5.03. The molecule has 0 radical (unpaired) electrons. The molecule has 1 N–H and O–H groups in total. The van der Waals surface area contributed by atoms with Crippen molar-refractivity contribution in [1.82, 2.24) is 0 Å². The average molecular weight is 264 g/mol. The Hall–Kier alpha value is -1.18. The maximum atomic E-state index is 5.98. The van der Waals surface area contributed by atoms with Gasteiger partial charge in [0.15, 0.2) is 0 Å². The van der Waals surface area contributed by atoms with Crippen molar-refractivity contribution in [3.8, 4) is 0 Å². The van der Waals surface area contributed by atoms with Crippen LogP contribution in [0.3, 0.4) is 0 Å². The molecule has 0 fully saturated rings. The van der Waals surface area contributed by atoms with Gasteiger partial charge in [0.2, 0.25) is 0 Å². The predicted molar refractivity (Wildman–Crippen MR) is 73.0 cm³/mol. The molecule has 0 saturated carbocycles. The molecule has 0 spiro atoms. The number of hydrogen-bond acceptors (Lipinski definition) is 1. The van der Waals surface area contributed by atoms with Crippen LogP contribution in [-0.2, 0) is 6.42 Å². The van der Waals surface area contributed by atoms with Gasteiger partial charge in [-0.2, -0.15) is 0 Å². The molecule has 0 aromatic heterocycles. The highest BCUT2D eigenvalue weighted by atomic mass is 35.5. The van der Waals surface area contributed by atoms with Crippen molar-refractivity contribution in [2.45, 2.75) is 12.5 Å². The smallest absolute Gasteiger partial charge is 0.0555 e. The molecule has 1 heterocycles. The van der Waals surface area contributed by atoms with Crippen LogP contribution >= 0.6 is 23.2 Å². The van der Waals surface area contributed by atoms with E-state index in [1.54, 1.807) is 0 Å². The number of nitrogens with one attached hydrogen (secondary N) is 1. The molecule has 2 aromatic carbocycles. The lowest BCUT2D eigenvalue weighted by Gasteiger charge is -2.11. The van der Waals surface area contributed by atoms with Crippen LogP contribution < -0.4 is 5.32 Å². The molecule has 0 saturated heterocycles. The quantitative estimate of drug-likeness (QED) is 0.787. The lowest BCUT2D eigenvalue weighted by Crippen LogP contribution is -2.05. The highest BCUT2D eigenvalue weighted by Crippen LogP contribution is 2.35. The topological polar surface area (TPSA) is 12.0 Å². The van der Waals surface area contributed by atoms with Gasteiger partial charge in [-0.25, -0.2) is 0 Å². The molecule has 17 heavy (non-hydrogen) atoms. The second-order valence-electron chi connectivity index (χ2n) is 4.25. The molecule has 1 unspecified atom stereocenters. The Kier molecular flexibility index (Phi) is 2.73. The molecule has 0 bridgehead atoms. The van der Waals surface area contributed by atoms with E-state index >= 15 is 0 Å². The summed E-state index contributed by atoms with van der Waals surface area (Å²) in [5.74, 6) is 0. The van der Waals surface area contributed by atoms with Crippen LogP contribution in [0.15, 0.2) is 42.5 Å².